The third kappa shape index (κ3) is 4.19. The van der Waals surface area contributed by atoms with Crippen LogP contribution in [-0.2, 0) is 9.47 Å². The number of hydrogen-bond acceptors (Lipinski definition) is 3. The Hall–Kier alpha value is -1.23. The Labute approximate surface area is 141 Å². The van der Waals surface area contributed by atoms with Crippen molar-refractivity contribution in [1.29, 1.82) is 0 Å². The van der Waals surface area contributed by atoms with E-state index in [1.54, 1.807) is 12.0 Å². The van der Waals surface area contributed by atoms with Crippen molar-refractivity contribution in [2.24, 2.45) is 0 Å². The van der Waals surface area contributed by atoms with Gasteiger partial charge in [-0.2, -0.15) is 0 Å². The van der Waals surface area contributed by atoms with Crippen molar-refractivity contribution in [3.63, 3.8) is 0 Å². The molecule has 126 valence electrons. The molecule has 2 aromatic rings. The SMILES string of the molecule is COCCOCCOc1ccc([SH]2CCCC2)c2ccccc12. The van der Waals surface area contributed by atoms with Crippen molar-refractivity contribution in [2.45, 2.75) is 17.7 Å². The Morgan fingerprint density at radius 2 is 1.61 bits per heavy atom. The van der Waals surface area contributed by atoms with Crippen molar-refractivity contribution in [3.05, 3.63) is 36.4 Å². The van der Waals surface area contributed by atoms with E-state index in [9.17, 15) is 0 Å². The van der Waals surface area contributed by atoms with Crippen LogP contribution >= 0.6 is 10.9 Å². The zero-order valence-corrected chi connectivity index (χ0v) is 14.7. The average molecular weight is 334 g/mol. The van der Waals surface area contributed by atoms with E-state index in [0.29, 0.717) is 26.4 Å². The van der Waals surface area contributed by atoms with E-state index in [-0.39, 0.29) is 10.9 Å². The first-order valence-corrected chi connectivity index (χ1v) is 10.1. The van der Waals surface area contributed by atoms with Crippen molar-refractivity contribution in [1.82, 2.24) is 0 Å². The maximum absolute atomic E-state index is 5.96. The largest absolute Gasteiger partial charge is 0.491 e. The highest BCUT2D eigenvalue weighted by atomic mass is 32.2. The highest BCUT2D eigenvalue weighted by Gasteiger charge is 2.16. The molecule has 0 atom stereocenters. The monoisotopic (exact) mass is 334 g/mol. The molecule has 0 amide bonds. The lowest BCUT2D eigenvalue weighted by Gasteiger charge is -2.19. The van der Waals surface area contributed by atoms with E-state index in [1.807, 2.05) is 0 Å². The molecule has 0 aliphatic carbocycles. The lowest BCUT2D eigenvalue weighted by atomic mass is 10.1. The Bertz CT molecular complexity index is 623. The normalized spacial score (nSPS) is 16.1. The second-order valence-electron chi connectivity index (χ2n) is 5.78. The molecule has 1 saturated heterocycles. The molecule has 1 aliphatic heterocycles. The summed E-state index contributed by atoms with van der Waals surface area (Å²) in [4.78, 5) is 1.55. The highest BCUT2D eigenvalue weighted by molar-refractivity contribution is 8.17. The van der Waals surface area contributed by atoms with Crippen molar-refractivity contribution in [2.75, 3.05) is 45.0 Å². The van der Waals surface area contributed by atoms with E-state index in [4.69, 9.17) is 14.2 Å². The Morgan fingerprint density at radius 3 is 2.39 bits per heavy atom. The number of methoxy groups -OCH3 is 1. The van der Waals surface area contributed by atoms with Crippen LogP contribution in [0.15, 0.2) is 41.3 Å². The van der Waals surface area contributed by atoms with Gasteiger partial charge in [0, 0.05) is 12.5 Å². The number of benzene rings is 2. The van der Waals surface area contributed by atoms with E-state index in [1.165, 1.54) is 35.1 Å². The van der Waals surface area contributed by atoms with E-state index >= 15 is 0 Å². The summed E-state index contributed by atoms with van der Waals surface area (Å²) in [7, 11) is 1.71. The summed E-state index contributed by atoms with van der Waals surface area (Å²) < 4.78 is 16.4. The molecule has 0 saturated carbocycles. The zero-order valence-electron chi connectivity index (χ0n) is 13.8. The molecule has 3 rings (SSSR count). The lowest BCUT2D eigenvalue weighted by Crippen LogP contribution is -2.10. The smallest absolute Gasteiger partial charge is 0.127 e. The van der Waals surface area contributed by atoms with E-state index in [0.717, 1.165) is 5.75 Å². The Balaban J connectivity index is 1.70. The molecule has 0 spiro atoms. The topological polar surface area (TPSA) is 27.7 Å². The third-order valence-corrected chi connectivity index (χ3v) is 7.01. The fourth-order valence-corrected chi connectivity index (χ4v) is 5.81. The molecule has 0 bridgehead atoms. The lowest BCUT2D eigenvalue weighted by molar-refractivity contribution is 0.0547. The van der Waals surface area contributed by atoms with Gasteiger partial charge in [0.1, 0.15) is 12.4 Å². The Morgan fingerprint density at radius 1 is 0.870 bits per heavy atom. The number of hydrogen-bond donors (Lipinski definition) is 1. The molecular formula is C19H26O3S. The number of rotatable bonds is 8. The minimum absolute atomic E-state index is 0.0305. The van der Waals surface area contributed by atoms with Crippen LogP contribution in [0, 0.1) is 0 Å². The molecule has 1 aliphatic rings. The van der Waals surface area contributed by atoms with Crippen LogP contribution in [0.4, 0.5) is 0 Å². The van der Waals surface area contributed by atoms with Crippen LogP contribution < -0.4 is 4.74 Å². The second kappa shape index (κ2) is 8.57. The first-order valence-electron chi connectivity index (χ1n) is 8.36. The summed E-state index contributed by atoms with van der Waals surface area (Å²) in [5.74, 6) is 3.73. The zero-order chi connectivity index (χ0) is 15.9. The van der Waals surface area contributed by atoms with Crippen LogP contribution in [0.25, 0.3) is 10.8 Å². The van der Waals surface area contributed by atoms with Gasteiger partial charge in [0.05, 0.1) is 19.8 Å². The fraction of sp³-hybridized carbons (Fsp3) is 0.474. The van der Waals surface area contributed by atoms with Gasteiger partial charge in [-0.05, 0) is 46.8 Å². The molecule has 0 radical (unpaired) electrons. The summed E-state index contributed by atoms with van der Waals surface area (Å²) in [6.45, 7) is 2.40. The summed E-state index contributed by atoms with van der Waals surface area (Å²) >= 11 is 0. The van der Waals surface area contributed by atoms with Crippen molar-refractivity contribution >= 4 is 21.7 Å². The van der Waals surface area contributed by atoms with E-state index in [2.05, 4.69) is 36.4 Å². The van der Waals surface area contributed by atoms with Gasteiger partial charge in [-0.15, -0.1) is 0 Å². The van der Waals surface area contributed by atoms with Gasteiger partial charge in [-0.1, -0.05) is 24.3 Å². The summed E-state index contributed by atoms with van der Waals surface area (Å²) in [5, 5.41) is 2.61. The van der Waals surface area contributed by atoms with Crippen molar-refractivity contribution in [3.8, 4) is 5.75 Å². The quantitative estimate of drug-likeness (QED) is 0.583. The van der Waals surface area contributed by atoms with E-state index < -0.39 is 0 Å². The van der Waals surface area contributed by atoms with Gasteiger partial charge >= 0.3 is 0 Å². The maximum Gasteiger partial charge on any atom is 0.127 e. The molecule has 1 fully saturated rings. The molecule has 23 heavy (non-hydrogen) atoms. The first-order chi connectivity index (χ1) is 11.4. The fourth-order valence-electron chi connectivity index (χ4n) is 3.07. The predicted octanol–water partition coefficient (Wildman–Crippen LogP) is 4.04. The standard InChI is InChI=1S/C19H26O3S/c1-20-10-11-21-12-13-22-18-8-9-19(23-14-4-5-15-23)17-7-3-2-6-16(17)18/h2-3,6-9,23H,4-5,10-15H2,1H3. The molecule has 2 aromatic carbocycles. The first kappa shape index (κ1) is 16.6. The summed E-state index contributed by atoms with van der Waals surface area (Å²) in [6.07, 6.45) is 2.77. The molecule has 0 unspecified atom stereocenters. The molecule has 0 N–H and O–H groups in total. The summed E-state index contributed by atoms with van der Waals surface area (Å²) in [5.41, 5.74) is 0. The second-order valence-corrected chi connectivity index (χ2v) is 8.23. The predicted molar refractivity (Wildman–Crippen MR) is 98.4 cm³/mol. The molecular weight excluding hydrogens is 308 g/mol. The Kier molecular flexibility index (Phi) is 6.20. The van der Waals surface area contributed by atoms with Crippen LogP contribution in [0.3, 0.4) is 0 Å². The van der Waals surface area contributed by atoms with Gasteiger partial charge in [0.25, 0.3) is 0 Å². The third-order valence-electron chi connectivity index (χ3n) is 4.22. The van der Waals surface area contributed by atoms with Crippen molar-refractivity contribution < 1.29 is 14.2 Å². The van der Waals surface area contributed by atoms with Crippen LogP contribution in [-0.4, -0.2) is 45.0 Å². The van der Waals surface area contributed by atoms with Gasteiger partial charge in [0.2, 0.25) is 0 Å². The van der Waals surface area contributed by atoms with Crippen LogP contribution in [0.5, 0.6) is 5.75 Å². The molecule has 3 nitrogen and oxygen atoms in total. The van der Waals surface area contributed by atoms with Crippen LogP contribution in [0.2, 0.25) is 0 Å². The maximum atomic E-state index is 5.96. The summed E-state index contributed by atoms with van der Waals surface area (Å²) in [6, 6.07) is 13.1. The van der Waals surface area contributed by atoms with Gasteiger partial charge in [0.15, 0.2) is 0 Å². The minimum atomic E-state index is 0.0305. The van der Waals surface area contributed by atoms with Gasteiger partial charge < -0.3 is 14.2 Å². The van der Waals surface area contributed by atoms with Gasteiger partial charge in [-0.25, -0.2) is 10.9 Å². The number of thiol groups is 1. The van der Waals surface area contributed by atoms with Crippen LogP contribution in [0.1, 0.15) is 12.8 Å². The molecule has 1 heterocycles. The average Bonchev–Trinajstić information content (AvgIpc) is 3.12. The minimum Gasteiger partial charge on any atom is -0.491 e. The van der Waals surface area contributed by atoms with Gasteiger partial charge in [-0.3, -0.25) is 0 Å². The molecule has 4 heteroatoms. The number of fused-ring (bicyclic) bond motifs is 1. The number of ether oxygens (including phenoxy) is 3. The highest BCUT2D eigenvalue weighted by Crippen LogP contribution is 2.47. The molecule has 0 aromatic heterocycles.